The average molecular weight is 203 g/mol. The maximum atomic E-state index is 10.8. The summed E-state index contributed by atoms with van der Waals surface area (Å²) in [5, 5.41) is 11.8. The summed E-state index contributed by atoms with van der Waals surface area (Å²) < 4.78 is 5.11. The van der Waals surface area contributed by atoms with Crippen molar-refractivity contribution < 1.29 is 14.6 Å². The van der Waals surface area contributed by atoms with Crippen LogP contribution in [0.4, 0.5) is 0 Å². The van der Waals surface area contributed by atoms with Gasteiger partial charge in [0.05, 0.1) is 6.61 Å². The zero-order valence-electron chi connectivity index (χ0n) is 9.25. The molecule has 14 heavy (non-hydrogen) atoms. The normalized spacial score (nSPS) is 13.1. The first kappa shape index (κ1) is 13.4. The van der Waals surface area contributed by atoms with E-state index in [9.17, 15) is 4.79 Å². The number of hydrogen-bond donors (Lipinski definition) is 2. The van der Waals surface area contributed by atoms with Crippen molar-refractivity contribution in [2.45, 2.75) is 33.2 Å². The summed E-state index contributed by atoms with van der Waals surface area (Å²) in [5.74, 6) is -0.397. The molecule has 0 spiro atoms. The van der Waals surface area contributed by atoms with Crippen molar-refractivity contribution in [3.63, 3.8) is 0 Å². The molecule has 0 heterocycles. The highest BCUT2D eigenvalue weighted by Crippen LogP contribution is 2.04. The van der Waals surface area contributed by atoms with Crippen LogP contribution in [-0.4, -0.2) is 36.9 Å². The largest absolute Gasteiger partial charge is 0.480 e. The van der Waals surface area contributed by atoms with E-state index in [2.05, 4.69) is 5.32 Å². The lowest BCUT2D eigenvalue weighted by molar-refractivity contribution is -0.140. The van der Waals surface area contributed by atoms with E-state index in [0.29, 0.717) is 32.1 Å². The molecular weight excluding hydrogens is 182 g/mol. The molecule has 0 fully saturated rings. The van der Waals surface area contributed by atoms with Gasteiger partial charge in [0.1, 0.15) is 6.04 Å². The van der Waals surface area contributed by atoms with Crippen LogP contribution in [0, 0.1) is 5.92 Å². The summed E-state index contributed by atoms with van der Waals surface area (Å²) in [6, 6.07) is -0.449. The lowest BCUT2D eigenvalue weighted by Crippen LogP contribution is -2.39. The number of carboxylic acid groups (broad SMARTS) is 1. The molecule has 4 heteroatoms. The predicted molar refractivity (Wildman–Crippen MR) is 55.4 cm³/mol. The summed E-state index contributed by atoms with van der Waals surface area (Å²) in [6.07, 6.45) is 0.654. The molecule has 0 aliphatic carbocycles. The van der Waals surface area contributed by atoms with E-state index in [1.807, 2.05) is 20.8 Å². The fourth-order valence-electron chi connectivity index (χ4n) is 1.19. The summed E-state index contributed by atoms with van der Waals surface area (Å²) in [5.41, 5.74) is 0. The molecule has 0 aliphatic heterocycles. The van der Waals surface area contributed by atoms with Gasteiger partial charge in [0.2, 0.25) is 0 Å². The van der Waals surface area contributed by atoms with Crippen LogP contribution in [-0.2, 0) is 9.53 Å². The van der Waals surface area contributed by atoms with Crippen molar-refractivity contribution in [3.8, 4) is 0 Å². The van der Waals surface area contributed by atoms with E-state index in [1.165, 1.54) is 0 Å². The Morgan fingerprint density at radius 1 is 1.50 bits per heavy atom. The van der Waals surface area contributed by atoms with E-state index >= 15 is 0 Å². The highest BCUT2D eigenvalue weighted by Gasteiger charge is 2.17. The van der Waals surface area contributed by atoms with Gasteiger partial charge in [0.15, 0.2) is 0 Å². The van der Waals surface area contributed by atoms with E-state index in [1.54, 1.807) is 0 Å². The Labute approximate surface area is 85.6 Å². The van der Waals surface area contributed by atoms with Crippen molar-refractivity contribution >= 4 is 5.97 Å². The highest BCUT2D eigenvalue weighted by molar-refractivity contribution is 5.73. The molecule has 0 radical (unpaired) electrons. The minimum atomic E-state index is -0.782. The zero-order chi connectivity index (χ0) is 11.0. The van der Waals surface area contributed by atoms with Gasteiger partial charge >= 0.3 is 5.97 Å². The van der Waals surface area contributed by atoms with Crippen LogP contribution in [0.5, 0.6) is 0 Å². The zero-order valence-corrected chi connectivity index (χ0v) is 9.25. The molecule has 84 valence electrons. The molecule has 1 atom stereocenters. The third kappa shape index (κ3) is 6.86. The molecular formula is C10H21NO3. The van der Waals surface area contributed by atoms with Gasteiger partial charge in [-0.15, -0.1) is 0 Å². The number of hydrogen-bond acceptors (Lipinski definition) is 3. The Kier molecular flexibility index (Phi) is 7.42. The first-order valence-corrected chi connectivity index (χ1v) is 5.11. The molecule has 0 aromatic heterocycles. The number of nitrogens with one attached hydrogen (secondary N) is 1. The third-order valence-corrected chi connectivity index (χ3v) is 1.85. The monoisotopic (exact) mass is 203 g/mol. The van der Waals surface area contributed by atoms with Gasteiger partial charge in [-0.05, 0) is 19.3 Å². The Morgan fingerprint density at radius 2 is 2.14 bits per heavy atom. The van der Waals surface area contributed by atoms with E-state index in [4.69, 9.17) is 9.84 Å². The van der Waals surface area contributed by atoms with Crippen LogP contribution < -0.4 is 5.32 Å². The van der Waals surface area contributed by atoms with Crippen molar-refractivity contribution in [2.24, 2.45) is 5.92 Å². The fourth-order valence-corrected chi connectivity index (χ4v) is 1.19. The van der Waals surface area contributed by atoms with Gasteiger partial charge < -0.3 is 15.2 Å². The van der Waals surface area contributed by atoms with Crippen molar-refractivity contribution in [1.82, 2.24) is 5.32 Å². The number of ether oxygens (including phenoxy) is 1. The van der Waals surface area contributed by atoms with Gasteiger partial charge in [-0.3, -0.25) is 4.79 Å². The number of carboxylic acids is 1. The second-order valence-electron chi connectivity index (χ2n) is 3.67. The molecule has 0 aromatic rings. The van der Waals surface area contributed by atoms with Crippen LogP contribution in [0.25, 0.3) is 0 Å². The Morgan fingerprint density at radius 3 is 2.57 bits per heavy atom. The van der Waals surface area contributed by atoms with Crippen LogP contribution in [0.2, 0.25) is 0 Å². The second kappa shape index (κ2) is 7.76. The molecule has 0 aromatic carbocycles. The standard InChI is InChI=1S/C10H21NO3/c1-4-14-6-5-11-9(10(12)13)7-8(2)3/h8-9,11H,4-7H2,1-3H3,(H,12,13). The van der Waals surface area contributed by atoms with Gasteiger partial charge in [-0.25, -0.2) is 0 Å². The van der Waals surface area contributed by atoms with Gasteiger partial charge in [0.25, 0.3) is 0 Å². The third-order valence-electron chi connectivity index (χ3n) is 1.85. The Bertz CT molecular complexity index is 159. The van der Waals surface area contributed by atoms with Gasteiger partial charge in [0, 0.05) is 13.2 Å². The van der Waals surface area contributed by atoms with E-state index < -0.39 is 12.0 Å². The number of aliphatic carboxylic acids is 1. The lowest BCUT2D eigenvalue weighted by atomic mass is 10.0. The Balaban J connectivity index is 3.68. The van der Waals surface area contributed by atoms with Crippen LogP contribution in [0.1, 0.15) is 27.2 Å². The fraction of sp³-hybridized carbons (Fsp3) is 0.900. The van der Waals surface area contributed by atoms with Crippen LogP contribution in [0.15, 0.2) is 0 Å². The maximum Gasteiger partial charge on any atom is 0.320 e. The topological polar surface area (TPSA) is 58.6 Å². The van der Waals surface area contributed by atoms with Crippen LogP contribution in [0.3, 0.4) is 0 Å². The first-order chi connectivity index (χ1) is 6.57. The minimum Gasteiger partial charge on any atom is -0.480 e. The molecule has 0 bridgehead atoms. The second-order valence-corrected chi connectivity index (χ2v) is 3.67. The van der Waals surface area contributed by atoms with Gasteiger partial charge in [-0.1, -0.05) is 13.8 Å². The van der Waals surface area contributed by atoms with Crippen molar-refractivity contribution in [2.75, 3.05) is 19.8 Å². The first-order valence-electron chi connectivity index (χ1n) is 5.11. The summed E-state index contributed by atoms with van der Waals surface area (Å²) in [4.78, 5) is 10.8. The highest BCUT2D eigenvalue weighted by atomic mass is 16.5. The van der Waals surface area contributed by atoms with E-state index in [-0.39, 0.29) is 0 Å². The summed E-state index contributed by atoms with van der Waals surface area (Å²) >= 11 is 0. The molecule has 0 aliphatic rings. The van der Waals surface area contributed by atoms with Crippen molar-refractivity contribution in [1.29, 1.82) is 0 Å². The maximum absolute atomic E-state index is 10.8. The molecule has 2 N–H and O–H groups in total. The molecule has 0 saturated heterocycles. The summed E-state index contributed by atoms with van der Waals surface area (Å²) in [7, 11) is 0. The molecule has 0 saturated carbocycles. The summed E-state index contributed by atoms with van der Waals surface area (Å²) in [6.45, 7) is 7.78. The van der Waals surface area contributed by atoms with Crippen molar-refractivity contribution in [3.05, 3.63) is 0 Å². The Hall–Kier alpha value is -0.610. The molecule has 0 rings (SSSR count). The predicted octanol–water partition coefficient (Wildman–Crippen LogP) is 1.11. The van der Waals surface area contributed by atoms with Crippen LogP contribution >= 0.6 is 0 Å². The van der Waals surface area contributed by atoms with E-state index in [0.717, 1.165) is 0 Å². The molecule has 0 amide bonds. The average Bonchev–Trinajstić information content (AvgIpc) is 2.09. The quantitative estimate of drug-likeness (QED) is 0.580. The van der Waals surface area contributed by atoms with Gasteiger partial charge in [-0.2, -0.15) is 0 Å². The smallest absolute Gasteiger partial charge is 0.320 e. The number of carbonyl (C=O) groups is 1. The number of rotatable bonds is 8. The SMILES string of the molecule is CCOCCNC(CC(C)C)C(=O)O. The minimum absolute atomic E-state index is 0.385. The lowest BCUT2D eigenvalue weighted by Gasteiger charge is -2.16. The molecule has 4 nitrogen and oxygen atoms in total. The molecule has 1 unspecified atom stereocenters.